The van der Waals surface area contributed by atoms with Gasteiger partial charge in [0.25, 0.3) is 0 Å². The molecule has 1 aliphatic rings. The zero-order valence-electron chi connectivity index (χ0n) is 9.12. The molecule has 3 unspecified atom stereocenters. The first-order valence-electron chi connectivity index (χ1n) is 5.55. The van der Waals surface area contributed by atoms with Crippen molar-refractivity contribution < 1.29 is 4.79 Å². The average molecular weight is 193 g/mol. The van der Waals surface area contributed by atoms with Crippen LogP contribution < -0.4 is 0 Å². The topological polar surface area (TPSA) is 40.9 Å². The summed E-state index contributed by atoms with van der Waals surface area (Å²) in [5.74, 6) is 1.18. The van der Waals surface area contributed by atoms with Crippen LogP contribution in [0.1, 0.15) is 46.0 Å². The predicted octanol–water partition coefficient (Wildman–Crippen LogP) is 2.93. The molecule has 0 aliphatic heterocycles. The Morgan fingerprint density at radius 1 is 1.57 bits per heavy atom. The van der Waals surface area contributed by atoms with Gasteiger partial charge in [0.15, 0.2) is 0 Å². The summed E-state index contributed by atoms with van der Waals surface area (Å²) in [4.78, 5) is 11.9. The van der Waals surface area contributed by atoms with Crippen LogP contribution in [0.3, 0.4) is 0 Å². The van der Waals surface area contributed by atoms with Gasteiger partial charge >= 0.3 is 0 Å². The fourth-order valence-corrected chi connectivity index (χ4v) is 2.33. The quantitative estimate of drug-likeness (QED) is 0.691. The van der Waals surface area contributed by atoms with E-state index < -0.39 is 0 Å². The van der Waals surface area contributed by atoms with E-state index in [1.54, 1.807) is 0 Å². The summed E-state index contributed by atoms with van der Waals surface area (Å²) >= 11 is 0. The lowest BCUT2D eigenvalue weighted by molar-refractivity contribution is -0.127. The minimum Gasteiger partial charge on any atom is -0.299 e. The Balaban J connectivity index is 2.47. The van der Waals surface area contributed by atoms with Crippen LogP contribution in [0.5, 0.6) is 0 Å². The number of Topliss-reactive ketones (excluding diaryl/α,β-unsaturated/α-hetero) is 1. The highest BCUT2D eigenvalue weighted by molar-refractivity contribution is 5.83. The zero-order valence-corrected chi connectivity index (χ0v) is 9.12. The molecule has 0 spiro atoms. The lowest BCUT2D eigenvalue weighted by atomic mass is 9.77. The highest BCUT2D eigenvalue weighted by Gasteiger charge is 2.27. The molecule has 2 nitrogen and oxygen atoms in total. The summed E-state index contributed by atoms with van der Waals surface area (Å²) in [6, 6.07) is 2.08. The summed E-state index contributed by atoms with van der Waals surface area (Å²) < 4.78 is 0. The molecule has 0 aromatic rings. The summed E-state index contributed by atoms with van der Waals surface area (Å²) in [6.45, 7) is 4.10. The Hall–Kier alpha value is -0.840. The lowest BCUT2D eigenvalue weighted by Crippen LogP contribution is -2.26. The van der Waals surface area contributed by atoms with Gasteiger partial charge in [-0.1, -0.05) is 26.7 Å². The van der Waals surface area contributed by atoms with Gasteiger partial charge in [-0.15, -0.1) is 0 Å². The normalized spacial score (nSPS) is 29.2. The fraction of sp³-hybridized carbons (Fsp3) is 0.833. The summed E-state index contributed by atoms with van der Waals surface area (Å²) in [7, 11) is 0. The van der Waals surface area contributed by atoms with Crippen molar-refractivity contribution in [3.63, 3.8) is 0 Å². The molecule has 14 heavy (non-hydrogen) atoms. The van der Waals surface area contributed by atoms with Crippen LogP contribution in [-0.4, -0.2) is 5.78 Å². The fourth-order valence-electron chi connectivity index (χ4n) is 2.33. The Morgan fingerprint density at radius 3 is 2.86 bits per heavy atom. The average Bonchev–Trinajstić information content (AvgIpc) is 2.17. The van der Waals surface area contributed by atoms with Crippen molar-refractivity contribution in [2.24, 2.45) is 17.8 Å². The molecule has 1 rings (SSSR count). The van der Waals surface area contributed by atoms with Crippen LogP contribution in [0, 0.1) is 29.1 Å². The Labute approximate surface area is 86.3 Å². The molecule has 1 aliphatic carbocycles. The number of carbonyl (C=O) groups is 1. The van der Waals surface area contributed by atoms with E-state index in [0.29, 0.717) is 18.1 Å². The van der Waals surface area contributed by atoms with Gasteiger partial charge in [0.05, 0.1) is 6.07 Å². The molecule has 0 radical (unpaired) electrons. The number of nitriles is 1. The second-order valence-corrected chi connectivity index (χ2v) is 4.63. The Morgan fingerprint density at radius 2 is 2.29 bits per heavy atom. The van der Waals surface area contributed by atoms with Crippen molar-refractivity contribution in [1.29, 1.82) is 5.26 Å². The third kappa shape index (κ3) is 2.83. The monoisotopic (exact) mass is 193 g/mol. The van der Waals surface area contributed by atoms with Gasteiger partial charge in [-0.05, 0) is 18.8 Å². The molecule has 0 aromatic carbocycles. The van der Waals surface area contributed by atoms with Gasteiger partial charge in [0.1, 0.15) is 5.78 Å². The third-order valence-electron chi connectivity index (χ3n) is 3.22. The number of nitrogens with zero attached hydrogens (tertiary/aromatic N) is 1. The van der Waals surface area contributed by atoms with E-state index in [2.05, 4.69) is 13.0 Å². The zero-order chi connectivity index (χ0) is 10.6. The highest BCUT2D eigenvalue weighted by Crippen LogP contribution is 2.31. The Kier molecular flexibility index (Phi) is 4.13. The molecule has 1 saturated carbocycles. The molecule has 3 atom stereocenters. The van der Waals surface area contributed by atoms with E-state index in [-0.39, 0.29) is 11.8 Å². The largest absolute Gasteiger partial charge is 0.299 e. The third-order valence-corrected chi connectivity index (χ3v) is 3.22. The maximum Gasteiger partial charge on any atom is 0.139 e. The van der Waals surface area contributed by atoms with E-state index in [0.717, 1.165) is 12.8 Å². The van der Waals surface area contributed by atoms with Crippen molar-refractivity contribution in [2.75, 3.05) is 0 Å². The second kappa shape index (κ2) is 5.14. The maximum absolute atomic E-state index is 11.9. The van der Waals surface area contributed by atoms with E-state index >= 15 is 0 Å². The molecule has 0 saturated heterocycles. The number of rotatable bonds is 3. The van der Waals surface area contributed by atoms with Gasteiger partial charge in [-0.3, -0.25) is 4.79 Å². The molecule has 0 N–H and O–H groups in total. The SMILES string of the molecule is CC1CCCC(C(=O)C(C)CC#N)C1. The number of ketones is 1. The first-order chi connectivity index (χ1) is 6.65. The van der Waals surface area contributed by atoms with Crippen LogP contribution in [0.15, 0.2) is 0 Å². The van der Waals surface area contributed by atoms with Crippen LogP contribution in [0.4, 0.5) is 0 Å². The van der Waals surface area contributed by atoms with Gasteiger partial charge < -0.3 is 0 Å². The maximum atomic E-state index is 11.9. The number of hydrogen-bond donors (Lipinski definition) is 0. The Bertz CT molecular complexity index is 241. The standard InChI is InChI=1S/C12H19NO/c1-9-4-3-5-11(8-9)12(14)10(2)6-7-13/h9-11H,3-6,8H2,1-2H3. The minimum atomic E-state index is -0.0599. The molecule has 2 heteroatoms. The van der Waals surface area contributed by atoms with Crippen molar-refractivity contribution in [3.05, 3.63) is 0 Å². The summed E-state index contributed by atoms with van der Waals surface area (Å²) in [5.41, 5.74) is 0. The van der Waals surface area contributed by atoms with Gasteiger partial charge in [0, 0.05) is 18.3 Å². The lowest BCUT2D eigenvalue weighted by Gasteiger charge is -2.27. The van der Waals surface area contributed by atoms with Crippen LogP contribution in [0.25, 0.3) is 0 Å². The van der Waals surface area contributed by atoms with E-state index in [4.69, 9.17) is 5.26 Å². The van der Waals surface area contributed by atoms with Crippen molar-refractivity contribution in [1.82, 2.24) is 0 Å². The van der Waals surface area contributed by atoms with E-state index in [9.17, 15) is 4.79 Å². The number of carbonyl (C=O) groups excluding carboxylic acids is 1. The van der Waals surface area contributed by atoms with E-state index in [1.807, 2.05) is 6.92 Å². The number of hydrogen-bond acceptors (Lipinski definition) is 2. The van der Waals surface area contributed by atoms with E-state index in [1.165, 1.54) is 12.8 Å². The van der Waals surface area contributed by atoms with Crippen molar-refractivity contribution in [3.8, 4) is 6.07 Å². The molecule has 0 aromatic heterocycles. The summed E-state index contributed by atoms with van der Waals surface area (Å²) in [5, 5.41) is 8.53. The van der Waals surface area contributed by atoms with Gasteiger partial charge in [0.2, 0.25) is 0 Å². The highest BCUT2D eigenvalue weighted by atomic mass is 16.1. The molecule has 78 valence electrons. The first kappa shape index (κ1) is 11.2. The van der Waals surface area contributed by atoms with Crippen LogP contribution in [-0.2, 0) is 4.79 Å². The second-order valence-electron chi connectivity index (χ2n) is 4.63. The van der Waals surface area contributed by atoms with Crippen LogP contribution in [0.2, 0.25) is 0 Å². The van der Waals surface area contributed by atoms with Gasteiger partial charge in [-0.25, -0.2) is 0 Å². The van der Waals surface area contributed by atoms with Crippen molar-refractivity contribution >= 4 is 5.78 Å². The minimum absolute atomic E-state index is 0.0599. The predicted molar refractivity (Wildman–Crippen MR) is 55.5 cm³/mol. The first-order valence-corrected chi connectivity index (χ1v) is 5.55. The molecule has 0 heterocycles. The summed E-state index contributed by atoms with van der Waals surface area (Å²) in [6.07, 6.45) is 4.89. The van der Waals surface area contributed by atoms with Crippen LogP contribution >= 0.6 is 0 Å². The van der Waals surface area contributed by atoms with Gasteiger partial charge in [-0.2, -0.15) is 5.26 Å². The molecule has 0 bridgehead atoms. The van der Waals surface area contributed by atoms with Crippen molar-refractivity contribution in [2.45, 2.75) is 46.0 Å². The molecule has 1 fully saturated rings. The molecular weight excluding hydrogens is 174 g/mol. The smallest absolute Gasteiger partial charge is 0.139 e. The molecule has 0 amide bonds. The molecular formula is C12H19NO.